The number of hydrogen-bond donors (Lipinski definition) is 1. The molecule has 100 valence electrons. The molecule has 0 amide bonds. The zero-order valence-corrected chi connectivity index (χ0v) is 11.0. The molecule has 0 bridgehead atoms. The van der Waals surface area contributed by atoms with Crippen LogP contribution in [-0.2, 0) is 9.53 Å². The summed E-state index contributed by atoms with van der Waals surface area (Å²) >= 11 is 0. The van der Waals surface area contributed by atoms with Gasteiger partial charge in [-0.2, -0.15) is 0 Å². The maximum absolute atomic E-state index is 11.0. The van der Waals surface area contributed by atoms with Crippen molar-refractivity contribution in [3.63, 3.8) is 0 Å². The highest BCUT2D eigenvalue weighted by atomic mass is 16.5. The van der Waals surface area contributed by atoms with Gasteiger partial charge in [-0.3, -0.25) is 9.69 Å². The van der Waals surface area contributed by atoms with Crippen molar-refractivity contribution in [3.8, 4) is 0 Å². The number of carboxylic acid groups (broad SMARTS) is 1. The molecule has 1 saturated heterocycles. The lowest BCUT2D eigenvalue weighted by atomic mass is 9.97. The van der Waals surface area contributed by atoms with Gasteiger partial charge in [-0.15, -0.1) is 0 Å². The fourth-order valence-electron chi connectivity index (χ4n) is 2.67. The van der Waals surface area contributed by atoms with Crippen LogP contribution in [0.1, 0.15) is 39.0 Å². The average molecular weight is 243 g/mol. The van der Waals surface area contributed by atoms with Crippen molar-refractivity contribution in [2.45, 2.75) is 45.1 Å². The highest BCUT2D eigenvalue weighted by molar-refractivity contribution is 5.67. The second-order valence-corrected chi connectivity index (χ2v) is 5.05. The minimum Gasteiger partial charge on any atom is -0.481 e. The summed E-state index contributed by atoms with van der Waals surface area (Å²) in [6.07, 6.45) is 5.15. The summed E-state index contributed by atoms with van der Waals surface area (Å²) < 4.78 is 5.17. The number of ether oxygens (including phenoxy) is 1. The van der Waals surface area contributed by atoms with Crippen molar-refractivity contribution in [1.29, 1.82) is 0 Å². The van der Waals surface area contributed by atoms with Crippen LogP contribution in [0.15, 0.2) is 0 Å². The fourth-order valence-corrected chi connectivity index (χ4v) is 2.67. The average Bonchev–Trinajstić information content (AvgIpc) is 2.54. The second-order valence-electron chi connectivity index (χ2n) is 5.05. The predicted molar refractivity (Wildman–Crippen MR) is 67.1 cm³/mol. The Bertz CT molecular complexity index is 225. The van der Waals surface area contributed by atoms with Crippen molar-refractivity contribution in [1.82, 2.24) is 4.90 Å². The summed E-state index contributed by atoms with van der Waals surface area (Å²) in [5.74, 6) is -0.434. The van der Waals surface area contributed by atoms with Crippen LogP contribution in [0.2, 0.25) is 0 Å². The quantitative estimate of drug-likeness (QED) is 0.775. The molecule has 0 aromatic carbocycles. The molecule has 2 atom stereocenters. The van der Waals surface area contributed by atoms with Crippen molar-refractivity contribution < 1.29 is 14.6 Å². The van der Waals surface area contributed by atoms with Crippen LogP contribution in [0.25, 0.3) is 0 Å². The summed E-state index contributed by atoms with van der Waals surface area (Å²) in [5.41, 5.74) is 0. The summed E-state index contributed by atoms with van der Waals surface area (Å²) in [5, 5.41) is 9.03. The molecule has 1 heterocycles. The van der Waals surface area contributed by atoms with Gasteiger partial charge >= 0.3 is 5.97 Å². The third-order valence-electron chi connectivity index (χ3n) is 3.58. The van der Waals surface area contributed by atoms with Crippen molar-refractivity contribution in [2.75, 3.05) is 26.8 Å². The van der Waals surface area contributed by atoms with Crippen LogP contribution in [0.5, 0.6) is 0 Å². The van der Waals surface area contributed by atoms with Gasteiger partial charge < -0.3 is 9.84 Å². The second kappa shape index (κ2) is 7.67. The molecule has 0 radical (unpaired) electrons. The van der Waals surface area contributed by atoms with Crippen LogP contribution in [0, 0.1) is 5.92 Å². The monoisotopic (exact) mass is 243 g/mol. The first-order valence-corrected chi connectivity index (χ1v) is 6.60. The van der Waals surface area contributed by atoms with Gasteiger partial charge in [0.2, 0.25) is 0 Å². The molecule has 1 rings (SSSR count). The summed E-state index contributed by atoms with van der Waals surface area (Å²) in [6.45, 7) is 4.79. The van der Waals surface area contributed by atoms with Crippen LogP contribution in [-0.4, -0.2) is 48.8 Å². The normalized spacial score (nSPS) is 21.8. The Morgan fingerprint density at radius 1 is 1.29 bits per heavy atom. The number of rotatable bonds is 6. The van der Waals surface area contributed by atoms with Gasteiger partial charge in [0.15, 0.2) is 0 Å². The summed E-state index contributed by atoms with van der Waals surface area (Å²) in [7, 11) is 1.68. The van der Waals surface area contributed by atoms with E-state index in [1.807, 2.05) is 0 Å². The highest BCUT2D eigenvalue weighted by Gasteiger charge is 2.27. The number of carbonyl (C=O) groups is 1. The maximum atomic E-state index is 11.0. The van der Waals surface area contributed by atoms with Gasteiger partial charge in [-0.25, -0.2) is 0 Å². The molecule has 0 aromatic heterocycles. The van der Waals surface area contributed by atoms with Crippen molar-refractivity contribution in [3.05, 3.63) is 0 Å². The Hall–Kier alpha value is -0.610. The molecule has 1 aliphatic rings. The molecule has 0 aliphatic carbocycles. The molecule has 0 saturated carbocycles. The van der Waals surface area contributed by atoms with E-state index in [0.29, 0.717) is 6.61 Å². The lowest BCUT2D eigenvalue weighted by Gasteiger charge is -2.33. The molecule has 1 N–H and O–H groups in total. The first-order chi connectivity index (χ1) is 8.15. The van der Waals surface area contributed by atoms with Crippen LogP contribution in [0.4, 0.5) is 0 Å². The maximum Gasteiger partial charge on any atom is 0.304 e. The van der Waals surface area contributed by atoms with Gasteiger partial charge in [0.1, 0.15) is 0 Å². The number of aliphatic carboxylic acids is 1. The van der Waals surface area contributed by atoms with E-state index in [9.17, 15) is 4.79 Å². The standard InChI is InChI=1S/C13H25NO3/c1-11(10-17-2)12(9-13(15)16)14-7-5-3-4-6-8-14/h11-12H,3-10H2,1-2H3,(H,15,16). The molecular formula is C13H25NO3. The highest BCUT2D eigenvalue weighted by Crippen LogP contribution is 2.20. The molecule has 1 fully saturated rings. The van der Waals surface area contributed by atoms with Crippen LogP contribution < -0.4 is 0 Å². The summed E-state index contributed by atoms with van der Waals surface area (Å²) in [6, 6.07) is 0.116. The van der Waals surface area contributed by atoms with E-state index in [0.717, 1.165) is 13.1 Å². The Labute approximate surface area is 104 Å². The van der Waals surface area contributed by atoms with Gasteiger partial charge in [0, 0.05) is 13.2 Å². The molecular weight excluding hydrogens is 218 g/mol. The van der Waals surface area contributed by atoms with E-state index < -0.39 is 5.97 Å². The van der Waals surface area contributed by atoms with Crippen molar-refractivity contribution in [2.24, 2.45) is 5.92 Å². The van der Waals surface area contributed by atoms with Gasteiger partial charge in [0.25, 0.3) is 0 Å². The van der Waals surface area contributed by atoms with E-state index in [1.54, 1.807) is 7.11 Å². The lowest BCUT2D eigenvalue weighted by molar-refractivity contribution is -0.139. The Balaban J connectivity index is 2.61. The minimum absolute atomic E-state index is 0.116. The Kier molecular flexibility index (Phi) is 6.52. The van der Waals surface area contributed by atoms with Crippen molar-refractivity contribution >= 4 is 5.97 Å². The molecule has 0 aromatic rings. The van der Waals surface area contributed by atoms with Crippen LogP contribution in [0.3, 0.4) is 0 Å². The fraction of sp³-hybridized carbons (Fsp3) is 0.923. The zero-order chi connectivity index (χ0) is 12.7. The lowest BCUT2D eigenvalue weighted by Crippen LogP contribution is -2.43. The summed E-state index contributed by atoms with van der Waals surface area (Å²) in [4.78, 5) is 13.3. The van der Waals surface area contributed by atoms with E-state index >= 15 is 0 Å². The first kappa shape index (κ1) is 14.5. The molecule has 4 heteroatoms. The Morgan fingerprint density at radius 3 is 2.35 bits per heavy atom. The number of likely N-dealkylation sites (tertiary alicyclic amines) is 1. The smallest absolute Gasteiger partial charge is 0.304 e. The third-order valence-corrected chi connectivity index (χ3v) is 3.58. The van der Waals surface area contributed by atoms with E-state index in [-0.39, 0.29) is 18.4 Å². The number of methoxy groups -OCH3 is 1. The molecule has 0 spiro atoms. The van der Waals surface area contributed by atoms with Gasteiger partial charge in [-0.1, -0.05) is 19.8 Å². The molecule has 17 heavy (non-hydrogen) atoms. The molecule has 4 nitrogen and oxygen atoms in total. The van der Waals surface area contributed by atoms with Gasteiger partial charge in [-0.05, 0) is 31.8 Å². The topological polar surface area (TPSA) is 49.8 Å². The number of carboxylic acids is 1. The first-order valence-electron chi connectivity index (χ1n) is 6.60. The number of nitrogens with zero attached hydrogens (tertiary/aromatic N) is 1. The predicted octanol–water partition coefficient (Wildman–Crippen LogP) is 1.99. The minimum atomic E-state index is -0.706. The zero-order valence-electron chi connectivity index (χ0n) is 11.0. The van der Waals surface area contributed by atoms with E-state index in [2.05, 4.69) is 11.8 Å². The SMILES string of the molecule is COCC(C)C(CC(=O)O)N1CCCCCC1. The number of hydrogen-bond acceptors (Lipinski definition) is 3. The molecule has 1 aliphatic heterocycles. The van der Waals surface area contributed by atoms with E-state index in [4.69, 9.17) is 9.84 Å². The Morgan fingerprint density at radius 2 is 1.88 bits per heavy atom. The molecule has 2 unspecified atom stereocenters. The van der Waals surface area contributed by atoms with Gasteiger partial charge in [0.05, 0.1) is 13.0 Å². The van der Waals surface area contributed by atoms with E-state index in [1.165, 1.54) is 25.7 Å². The van der Waals surface area contributed by atoms with Crippen LogP contribution >= 0.6 is 0 Å². The largest absolute Gasteiger partial charge is 0.481 e. The third kappa shape index (κ3) is 5.04.